The second kappa shape index (κ2) is 9.02. The molecule has 1 amide bonds. The van der Waals surface area contributed by atoms with Crippen LogP contribution in [0.5, 0.6) is 0 Å². The van der Waals surface area contributed by atoms with Crippen LogP contribution in [0.4, 0.5) is 5.69 Å². The Hall–Kier alpha value is -2.13. The first-order valence-corrected chi connectivity index (χ1v) is 12.5. The highest BCUT2D eigenvalue weighted by molar-refractivity contribution is 7.89. The van der Waals surface area contributed by atoms with Crippen molar-refractivity contribution in [2.24, 2.45) is 5.92 Å². The van der Waals surface area contributed by atoms with Gasteiger partial charge in [-0.1, -0.05) is 43.1 Å². The molecule has 2 heterocycles. The second-order valence-corrected chi connectivity index (χ2v) is 10.8. The minimum absolute atomic E-state index is 0.0845. The van der Waals surface area contributed by atoms with Crippen LogP contribution in [0.15, 0.2) is 45.7 Å². The average Bonchev–Trinajstić information content (AvgIpc) is 3.17. The predicted molar refractivity (Wildman–Crippen MR) is 125 cm³/mol. The molecule has 3 aromatic rings. The number of hydrogen-bond donors (Lipinski definition) is 1. The summed E-state index contributed by atoms with van der Waals surface area (Å²) in [5.74, 6) is 0.366. The third-order valence-corrected chi connectivity index (χ3v) is 8.36. The number of benzene rings is 2. The van der Waals surface area contributed by atoms with Gasteiger partial charge in [0.25, 0.3) is 0 Å². The number of carbonyl (C=O) groups is 1. The first kappa shape index (κ1) is 23.0. The van der Waals surface area contributed by atoms with E-state index < -0.39 is 10.0 Å². The SMILES string of the molecule is CC(C)c1nc2cc(NC(=O)C3CCN(S(=O)(=O)c4c(Cl)cccc4Cl)CC3)ccc2o1. The fourth-order valence-electron chi connectivity index (χ4n) is 3.73. The van der Waals surface area contributed by atoms with E-state index >= 15 is 0 Å². The molecule has 170 valence electrons. The molecule has 0 saturated carbocycles. The number of oxazole rings is 1. The Morgan fingerprint density at radius 1 is 1.16 bits per heavy atom. The van der Waals surface area contributed by atoms with Crippen molar-refractivity contribution in [3.8, 4) is 0 Å². The monoisotopic (exact) mass is 495 g/mol. The molecule has 1 aromatic heterocycles. The van der Waals surface area contributed by atoms with Gasteiger partial charge in [-0.15, -0.1) is 0 Å². The molecule has 4 rings (SSSR count). The van der Waals surface area contributed by atoms with E-state index in [1.807, 2.05) is 13.8 Å². The molecular weight excluding hydrogens is 473 g/mol. The number of anilines is 1. The van der Waals surface area contributed by atoms with Gasteiger partial charge >= 0.3 is 0 Å². The van der Waals surface area contributed by atoms with Crippen molar-refractivity contribution in [1.82, 2.24) is 9.29 Å². The maximum absolute atomic E-state index is 13.0. The molecule has 32 heavy (non-hydrogen) atoms. The lowest BCUT2D eigenvalue weighted by Crippen LogP contribution is -2.41. The first-order valence-electron chi connectivity index (χ1n) is 10.3. The first-order chi connectivity index (χ1) is 15.2. The maximum Gasteiger partial charge on any atom is 0.246 e. The molecule has 0 aliphatic carbocycles. The highest BCUT2D eigenvalue weighted by atomic mass is 35.5. The summed E-state index contributed by atoms with van der Waals surface area (Å²) in [6.45, 7) is 4.42. The van der Waals surface area contributed by atoms with Crippen molar-refractivity contribution in [2.75, 3.05) is 18.4 Å². The smallest absolute Gasteiger partial charge is 0.246 e. The van der Waals surface area contributed by atoms with Gasteiger partial charge in [0.2, 0.25) is 15.9 Å². The van der Waals surface area contributed by atoms with Gasteiger partial charge in [-0.05, 0) is 43.2 Å². The number of amides is 1. The van der Waals surface area contributed by atoms with Crippen LogP contribution in [0, 0.1) is 5.92 Å². The van der Waals surface area contributed by atoms with Crippen LogP contribution in [0.2, 0.25) is 10.0 Å². The van der Waals surface area contributed by atoms with Crippen molar-refractivity contribution >= 4 is 55.9 Å². The van der Waals surface area contributed by atoms with E-state index in [1.165, 1.54) is 16.4 Å². The highest BCUT2D eigenvalue weighted by Crippen LogP contribution is 2.33. The fourth-order valence-corrected chi connectivity index (χ4v) is 6.29. The standard InChI is InChI=1S/C22H23Cl2N3O4S/c1-13(2)22-26-18-12-15(6-7-19(18)31-22)25-21(28)14-8-10-27(11-9-14)32(29,30)20-16(23)4-3-5-17(20)24/h3-7,12-14H,8-11H2,1-2H3,(H,25,28). The van der Waals surface area contributed by atoms with Gasteiger partial charge in [0.1, 0.15) is 10.4 Å². The van der Waals surface area contributed by atoms with E-state index in [4.69, 9.17) is 27.6 Å². The van der Waals surface area contributed by atoms with E-state index in [1.54, 1.807) is 24.3 Å². The Balaban J connectivity index is 1.42. The van der Waals surface area contributed by atoms with Crippen LogP contribution in [-0.2, 0) is 14.8 Å². The summed E-state index contributed by atoms with van der Waals surface area (Å²) < 4.78 is 33.1. The van der Waals surface area contributed by atoms with Crippen molar-refractivity contribution in [3.63, 3.8) is 0 Å². The fraction of sp³-hybridized carbons (Fsp3) is 0.364. The Kier molecular flexibility index (Phi) is 6.49. The van der Waals surface area contributed by atoms with Gasteiger partial charge in [-0.3, -0.25) is 4.79 Å². The topological polar surface area (TPSA) is 92.5 Å². The van der Waals surface area contributed by atoms with E-state index in [-0.39, 0.29) is 45.8 Å². The molecule has 1 saturated heterocycles. The third kappa shape index (κ3) is 4.50. The lowest BCUT2D eigenvalue weighted by atomic mass is 9.97. The third-order valence-electron chi connectivity index (χ3n) is 5.51. The summed E-state index contributed by atoms with van der Waals surface area (Å²) in [7, 11) is -3.84. The minimum Gasteiger partial charge on any atom is -0.440 e. The Morgan fingerprint density at radius 3 is 2.44 bits per heavy atom. The Labute approximate surface area is 196 Å². The molecule has 0 atom stereocenters. The van der Waals surface area contributed by atoms with Gasteiger partial charge < -0.3 is 9.73 Å². The molecule has 1 N–H and O–H groups in total. The Morgan fingerprint density at radius 2 is 1.81 bits per heavy atom. The van der Waals surface area contributed by atoms with E-state index in [0.717, 1.165) is 0 Å². The summed E-state index contributed by atoms with van der Waals surface area (Å²) in [5.41, 5.74) is 1.98. The normalized spacial score (nSPS) is 16.0. The number of fused-ring (bicyclic) bond motifs is 1. The van der Waals surface area contributed by atoms with Gasteiger partial charge in [0, 0.05) is 30.6 Å². The Bertz CT molecular complexity index is 1250. The number of halogens is 2. The van der Waals surface area contributed by atoms with E-state index in [0.29, 0.717) is 35.5 Å². The van der Waals surface area contributed by atoms with Crippen LogP contribution >= 0.6 is 23.2 Å². The molecule has 2 aromatic carbocycles. The number of nitrogens with zero attached hydrogens (tertiary/aromatic N) is 2. The quantitative estimate of drug-likeness (QED) is 0.518. The number of sulfonamides is 1. The largest absolute Gasteiger partial charge is 0.440 e. The molecule has 1 aliphatic rings. The van der Waals surface area contributed by atoms with Crippen molar-refractivity contribution in [1.29, 1.82) is 0 Å². The van der Waals surface area contributed by atoms with E-state index in [2.05, 4.69) is 10.3 Å². The number of carbonyl (C=O) groups excluding carboxylic acids is 1. The zero-order valence-corrected chi connectivity index (χ0v) is 20.0. The molecule has 0 spiro atoms. The number of piperidine rings is 1. The predicted octanol–water partition coefficient (Wildman–Crippen LogP) is 5.30. The molecule has 1 fully saturated rings. The van der Waals surface area contributed by atoms with Gasteiger partial charge in [0.05, 0.1) is 10.0 Å². The lowest BCUT2D eigenvalue weighted by Gasteiger charge is -2.31. The van der Waals surface area contributed by atoms with Gasteiger partial charge in [-0.2, -0.15) is 4.31 Å². The minimum atomic E-state index is -3.84. The zero-order valence-electron chi connectivity index (χ0n) is 17.6. The number of hydrogen-bond acceptors (Lipinski definition) is 5. The van der Waals surface area contributed by atoms with Crippen LogP contribution in [-0.4, -0.2) is 36.7 Å². The zero-order chi connectivity index (χ0) is 23.0. The second-order valence-electron chi connectivity index (χ2n) is 8.11. The van der Waals surface area contributed by atoms with Crippen LogP contribution in [0.3, 0.4) is 0 Å². The highest BCUT2D eigenvalue weighted by Gasteiger charge is 2.34. The number of rotatable bonds is 5. The van der Waals surface area contributed by atoms with E-state index in [9.17, 15) is 13.2 Å². The van der Waals surface area contributed by atoms with Crippen molar-refractivity contribution < 1.29 is 17.6 Å². The van der Waals surface area contributed by atoms with Gasteiger partial charge in [0.15, 0.2) is 11.5 Å². The summed E-state index contributed by atoms with van der Waals surface area (Å²) in [6.07, 6.45) is 0.799. The summed E-state index contributed by atoms with van der Waals surface area (Å²) in [6, 6.07) is 9.93. The van der Waals surface area contributed by atoms with Crippen molar-refractivity contribution in [2.45, 2.75) is 37.5 Å². The van der Waals surface area contributed by atoms with Crippen molar-refractivity contribution in [3.05, 3.63) is 52.3 Å². The maximum atomic E-state index is 13.0. The van der Waals surface area contributed by atoms with Crippen LogP contribution < -0.4 is 5.32 Å². The van der Waals surface area contributed by atoms with Crippen LogP contribution in [0.25, 0.3) is 11.1 Å². The molecule has 0 bridgehead atoms. The molecule has 0 radical (unpaired) electrons. The van der Waals surface area contributed by atoms with Gasteiger partial charge in [-0.25, -0.2) is 13.4 Å². The molecule has 10 heteroatoms. The summed E-state index contributed by atoms with van der Waals surface area (Å²) >= 11 is 12.2. The summed E-state index contributed by atoms with van der Waals surface area (Å²) in [5, 5.41) is 3.08. The number of nitrogens with one attached hydrogen (secondary N) is 1. The molecule has 7 nitrogen and oxygen atoms in total. The average molecular weight is 496 g/mol. The molecular formula is C22H23Cl2N3O4S. The summed E-state index contributed by atoms with van der Waals surface area (Å²) in [4.78, 5) is 17.2. The lowest BCUT2D eigenvalue weighted by molar-refractivity contribution is -0.120. The van der Waals surface area contributed by atoms with Crippen LogP contribution in [0.1, 0.15) is 38.5 Å². The molecule has 0 unspecified atom stereocenters. The number of aromatic nitrogens is 1. The molecule has 1 aliphatic heterocycles.